The smallest absolute Gasteiger partial charge is 0.394 e. The monoisotopic (exact) mass is 406 g/mol. The number of carbonyl (C=O) groups excluding carboxylic acids is 2. The average Bonchev–Trinajstić information content (AvgIpc) is 2.59. The molecule has 0 saturated heterocycles. The van der Waals surface area contributed by atoms with Crippen LogP contribution in [0.1, 0.15) is 55.5 Å². The van der Waals surface area contributed by atoms with E-state index in [1.807, 2.05) is 0 Å². The molecule has 1 unspecified atom stereocenters. The predicted molar refractivity (Wildman–Crippen MR) is 104 cm³/mol. The zero-order chi connectivity index (χ0) is 21.8. The van der Waals surface area contributed by atoms with Gasteiger partial charge in [0.25, 0.3) is 5.91 Å². The lowest BCUT2D eigenvalue weighted by Crippen LogP contribution is -2.28. The molecule has 0 aliphatic heterocycles. The first kappa shape index (κ1) is 22.2. The number of nitrogens with zero attached hydrogens (tertiary/aromatic N) is 2. The van der Waals surface area contributed by atoms with Crippen molar-refractivity contribution in [3.8, 4) is 5.75 Å². The van der Waals surface area contributed by atoms with Crippen molar-refractivity contribution in [3.63, 3.8) is 0 Å². The molecule has 2 rings (SSSR count). The highest BCUT2D eigenvalue weighted by atomic mass is 19.3. The normalized spacial score (nSPS) is 12.4. The maximum atomic E-state index is 13.1. The molecule has 9 heteroatoms. The van der Waals surface area contributed by atoms with Crippen LogP contribution in [0.4, 0.5) is 14.7 Å². The molecular formula is C20H24F2N4O3. The number of hydrogen-bond donors (Lipinski definition) is 2. The average molecular weight is 406 g/mol. The van der Waals surface area contributed by atoms with Crippen molar-refractivity contribution in [2.24, 2.45) is 5.92 Å². The van der Waals surface area contributed by atoms with Gasteiger partial charge in [0.2, 0.25) is 11.9 Å². The van der Waals surface area contributed by atoms with E-state index in [4.69, 9.17) is 0 Å². The van der Waals surface area contributed by atoms with Crippen molar-refractivity contribution in [2.45, 2.75) is 46.8 Å². The Bertz CT molecular complexity index is 898. The van der Waals surface area contributed by atoms with Gasteiger partial charge in [-0.1, -0.05) is 26.0 Å². The van der Waals surface area contributed by atoms with Crippen molar-refractivity contribution >= 4 is 17.8 Å². The van der Waals surface area contributed by atoms with E-state index in [1.165, 1.54) is 18.2 Å². The Morgan fingerprint density at radius 3 is 2.45 bits per heavy atom. The van der Waals surface area contributed by atoms with Gasteiger partial charge in [-0.2, -0.15) is 8.78 Å². The third-order valence-corrected chi connectivity index (χ3v) is 3.85. The van der Waals surface area contributed by atoms with Crippen LogP contribution in [0.25, 0.3) is 0 Å². The molecule has 2 N–H and O–H groups in total. The van der Waals surface area contributed by atoms with Gasteiger partial charge in [0.15, 0.2) is 0 Å². The van der Waals surface area contributed by atoms with Gasteiger partial charge in [0, 0.05) is 18.5 Å². The van der Waals surface area contributed by atoms with Crippen molar-refractivity contribution in [2.75, 3.05) is 5.32 Å². The van der Waals surface area contributed by atoms with E-state index >= 15 is 0 Å². The summed E-state index contributed by atoms with van der Waals surface area (Å²) in [4.78, 5) is 32.6. The third-order valence-electron chi connectivity index (χ3n) is 3.85. The Labute approximate surface area is 167 Å². The minimum absolute atomic E-state index is 0.00679. The number of alkyl halides is 2. The lowest BCUT2D eigenvalue weighted by Gasteiger charge is -2.17. The number of rotatable bonds is 7. The summed E-state index contributed by atoms with van der Waals surface area (Å²) >= 11 is 0. The van der Waals surface area contributed by atoms with E-state index in [9.17, 15) is 18.4 Å². The third kappa shape index (κ3) is 6.78. The summed E-state index contributed by atoms with van der Waals surface area (Å²) < 4.78 is 30.7. The fourth-order valence-corrected chi connectivity index (χ4v) is 2.40. The lowest BCUT2D eigenvalue weighted by molar-refractivity contribution is -0.159. The van der Waals surface area contributed by atoms with E-state index < -0.39 is 18.1 Å². The molecule has 2 aromatic rings. The summed E-state index contributed by atoms with van der Waals surface area (Å²) in [5.41, 5.74) is 1.17. The van der Waals surface area contributed by atoms with Crippen LogP contribution in [0.3, 0.4) is 0 Å². The molecule has 0 saturated carbocycles. The van der Waals surface area contributed by atoms with Crippen LogP contribution in [0, 0.1) is 12.8 Å². The van der Waals surface area contributed by atoms with Gasteiger partial charge in [-0.05, 0) is 37.6 Å². The SMILES string of the molecule is Cc1cc(C(=O)NC(C)c2cccc(OC(C)(F)F)c2)nc(NC(=O)C(C)C)n1. The first-order valence-electron chi connectivity index (χ1n) is 9.09. The highest BCUT2D eigenvalue weighted by Gasteiger charge is 2.23. The number of aryl methyl sites for hydroxylation is 1. The second-order valence-electron chi connectivity index (χ2n) is 7.04. The Hall–Kier alpha value is -3.10. The molecule has 0 bridgehead atoms. The number of nitrogens with one attached hydrogen (secondary N) is 2. The van der Waals surface area contributed by atoms with Crippen molar-refractivity contribution < 1.29 is 23.1 Å². The van der Waals surface area contributed by atoms with Crippen LogP contribution in [-0.2, 0) is 4.79 Å². The lowest BCUT2D eigenvalue weighted by atomic mass is 10.1. The summed E-state index contributed by atoms with van der Waals surface area (Å²) in [6.45, 7) is 7.49. The Morgan fingerprint density at radius 1 is 1.14 bits per heavy atom. The summed E-state index contributed by atoms with van der Waals surface area (Å²) in [6, 6.07) is 7.08. The van der Waals surface area contributed by atoms with Crippen LogP contribution < -0.4 is 15.4 Å². The van der Waals surface area contributed by atoms with Crippen molar-refractivity contribution in [3.05, 3.63) is 47.3 Å². The summed E-state index contributed by atoms with van der Waals surface area (Å²) in [7, 11) is 0. The van der Waals surface area contributed by atoms with Crippen LogP contribution >= 0.6 is 0 Å². The molecule has 1 aromatic heterocycles. The topological polar surface area (TPSA) is 93.2 Å². The van der Waals surface area contributed by atoms with E-state index in [0.717, 1.165) is 0 Å². The number of halogens is 2. The van der Waals surface area contributed by atoms with Gasteiger partial charge in [-0.3, -0.25) is 14.9 Å². The van der Waals surface area contributed by atoms with E-state index in [0.29, 0.717) is 18.2 Å². The van der Waals surface area contributed by atoms with Gasteiger partial charge in [0.1, 0.15) is 11.4 Å². The highest BCUT2D eigenvalue weighted by molar-refractivity contribution is 5.94. The number of benzene rings is 1. The number of ether oxygens (including phenoxy) is 1. The molecule has 7 nitrogen and oxygen atoms in total. The molecule has 1 aromatic carbocycles. The van der Waals surface area contributed by atoms with E-state index in [2.05, 4.69) is 25.3 Å². The zero-order valence-corrected chi connectivity index (χ0v) is 16.9. The summed E-state index contributed by atoms with van der Waals surface area (Å²) in [5, 5.41) is 5.31. The minimum Gasteiger partial charge on any atom is -0.433 e. The molecule has 1 atom stereocenters. The molecule has 29 heavy (non-hydrogen) atoms. The van der Waals surface area contributed by atoms with Gasteiger partial charge in [-0.15, -0.1) is 0 Å². The second-order valence-corrected chi connectivity index (χ2v) is 7.04. The second kappa shape index (κ2) is 8.93. The van der Waals surface area contributed by atoms with Gasteiger partial charge in [0.05, 0.1) is 6.04 Å². The van der Waals surface area contributed by atoms with Crippen molar-refractivity contribution in [1.82, 2.24) is 15.3 Å². The highest BCUT2D eigenvalue weighted by Crippen LogP contribution is 2.24. The molecule has 2 amide bonds. The number of amides is 2. The maximum absolute atomic E-state index is 13.1. The Balaban J connectivity index is 2.14. The summed E-state index contributed by atoms with van der Waals surface area (Å²) in [6.07, 6.45) is -3.31. The molecule has 0 aliphatic carbocycles. The molecule has 1 heterocycles. The predicted octanol–water partition coefficient (Wildman–Crippen LogP) is 3.86. The van der Waals surface area contributed by atoms with Gasteiger partial charge < -0.3 is 10.1 Å². The van der Waals surface area contributed by atoms with Crippen LogP contribution in [0.5, 0.6) is 5.75 Å². The molecule has 0 aliphatic rings. The number of aromatic nitrogens is 2. The Morgan fingerprint density at radius 2 is 1.83 bits per heavy atom. The zero-order valence-electron chi connectivity index (χ0n) is 16.9. The first-order chi connectivity index (χ1) is 13.4. The number of hydrogen-bond acceptors (Lipinski definition) is 5. The molecule has 0 spiro atoms. The fourth-order valence-electron chi connectivity index (χ4n) is 2.40. The quantitative estimate of drug-likeness (QED) is 0.728. The largest absolute Gasteiger partial charge is 0.433 e. The van der Waals surface area contributed by atoms with Crippen LogP contribution in [0.15, 0.2) is 30.3 Å². The standard InChI is InChI=1S/C20H24F2N4O3/c1-11(2)17(27)26-19-23-12(3)9-16(25-19)18(28)24-13(4)14-7-6-8-15(10-14)29-20(5,21)22/h6-11,13H,1-5H3,(H,24,28)(H,23,25,26,27). The minimum atomic E-state index is -3.31. The molecule has 0 radical (unpaired) electrons. The molecular weight excluding hydrogens is 382 g/mol. The first-order valence-corrected chi connectivity index (χ1v) is 9.09. The number of carbonyl (C=O) groups is 2. The van der Waals surface area contributed by atoms with Crippen LogP contribution in [-0.4, -0.2) is 27.9 Å². The van der Waals surface area contributed by atoms with Gasteiger partial charge >= 0.3 is 6.11 Å². The van der Waals surface area contributed by atoms with E-state index in [1.54, 1.807) is 39.8 Å². The molecule has 0 fully saturated rings. The number of anilines is 1. The van der Waals surface area contributed by atoms with Gasteiger partial charge in [-0.25, -0.2) is 9.97 Å². The molecule has 156 valence electrons. The summed E-state index contributed by atoms with van der Waals surface area (Å²) in [5.74, 6) is -0.980. The van der Waals surface area contributed by atoms with E-state index in [-0.39, 0.29) is 29.2 Å². The maximum Gasteiger partial charge on any atom is 0.394 e. The Kier molecular flexibility index (Phi) is 6.84. The fraction of sp³-hybridized carbons (Fsp3) is 0.400. The van der Waals surface area contributed by atoms with Crippen LogP contribution in [0.2, 0.25) is 0 Å². The van der Waals surface area contributed by atoms with Crippen molar-refractivity contribution in [1.29, 1.82) is 0 Å².